The molecule has 1 amide bonds. The van der Waals surface area contributed by atoms with E-state index in [2.05, 4.69) is 26.0 Å². The van der Waals surface area contributed by atoms with Gasteiger partial charge in [0.1, 0.15) is 11.8 Å². The van der Waals surface area contributed by atoms with Crippen LogP contribution in [-0.2, 0) is 0 Å². The van der Waals surface area contributed by atoms with E-state index in [4.69, 9.17) is 4.42 Å². The Labute approximate surface area is 192 Å². The number of carbonyl (C=O) groups excluding carboxylic acids is 1. The normalized spacial score (nSPS) is 11.5. The van der Waals surface area contributed by atoms with Crippen molar-refractivity contribution in [2.24, 2.45) is 5.10 Å². The van der Waals surface area contributed by atoms with Crippen molar-refractivity contribution in [2.75, 3.05) is 5.01 Å². The highest BCUT2D eigenvalue weighted by Gasteiger charge is 2.22. The molecule has 5 rings (SSSR count). The van der Waals surface area contributed by atoms with E-state index in [0.29, 0.717) is 21.0 Å². The molecule has 0 aliphatic carbocycles. The summed E-state index contributed by atoms with van der Waals surface area (Å²) >= 11 is 6.11. The lowest BCUT2D eigenvalue weighted by molar-refractivity contribution is 0.0991. The van der Waals surface area contributed by atoms with Crippen LogP contribution in [0.2, 0.25) is 0 Å². The number of halogens is 1. The Morgan fingerprint density at radius 1 is 1.16 bits per heavy atom. The standard InChI is InChI=1S/C22H12BrN3O3S2/c23-14-7-8-16-19(10-14)31-22(25-16)26(21(28)18-6-3-9-30-18)24-11-13-12-29-17-5-2-1-4-15(17)20(13)27/h1-12H/b24-11+. The van der Waals surface area contributed by atoms with E-state index in [9.17, 15) is 9.59 Å². The lowest BCUT2D eigenvalue weighted by Crippen LogP contribution is -2.25. The second-order valence-electron chi connectivity index (χ2n) is 6.46. The topological polar surface area (TPSA) is 75.8 Å². The molecule has 0 atom stereocenters. The zero-order valence-corrected chi connectivity index (χ0v) is 18.9. The van der Waals surface area contributed by atoms with Crippen molar-refractivity contribution < 1.29 is 9.21 Å². The summed E-state index contributed by atoms with van der Waals surface area (Å²) in [5, 5.41) is 8.25. The van der Waals surface area contributed by atoms with E-state index in [1.54, 1.807) is 36.4 Å². The van der Waals surface area contributed by atoms with Crippen molar-refractivity contribution >= 4 is 77.0 Å². The summed E-state index contributed by atoms with van der Waals surface area (Å²) in [6.45, 7) is 0. The molecule has 3 heterocycles. The second-order valence-corrected chi connectivity index (χ2v) is 9.34. The molecule has 0 aliphatic heterocycles. The third kappa shape index (κ3) is 3.83. The number of fused-ring (bicyclic) bond motifs is 2. The fraction of sp³-hybridized carbons (Fsp3) is 0. The maximum atomic E-state index is 13.1. The van der Waals surface area contributed by atoms with Crippen LogP contribution in [0, 0.1) is 0 Å². The third-order valence-electron chi connectivity index (χ3n) is 4.46. The van der Waals surface area contributed by atoms with Crippen molar-refractivity contribution in [3.05, 3.63) is 91.4 Å². The molecule has 5 aromatic rings. The third-order valence-corrected chi connectivity index (χ3v) is 6.81. The van der Waals surface area contributed by atoms with Crippen LogP contribution in [0.5, 0.6) is 0 Å². The van der Waals surface area contributed by atoms with Crippen LogP contribution in [-0.4, -0.2) is 17.1 Å². The minimum atomic E-state index is -0.324. The van der Waals surface area contributed by atoms with Gasteiger partial charge in [-0.25, -0.2) is 4.98 Å². The van der Waals surface area contributed by atoms with E-state index in [1.807, 2.05) is 23.6 Å². The summed E-state index contributed by atoms with van der Waals surface area (Å²) in [6.07, 6.45) is 2.68. The van der Waals surface area contributed by atoms with Gasteiger partial charge < -0.3 is 4.42 Å². The lowest BCUT2D eigenvalue weighted by atomic mass is 10.2. The maximum Gasteiger partial charge on any atom is 0.290 e. The molecule has 0 saturated heterocycles. The molecule has 9 heteroatoms. The molecule has 0 spiro atoms. The highest BCUT2D eigenvalue weighted by atomic mass is 79.9. The molecular weight excluding hydrogens is 498 g/mol. The number of hydrogen-bond donors (Lipinski definition) is 0. The highest BCUT2D eigenvalue weighted by Crippen LogP contribution is 2.32. The van der Waals surface area contributed by atoms with Crippen LogP contribution >= 0.6 is 38.6 Å². The van der Waals surface area contributed by atoms with E-state index >= 15 is 0 Å². The molecule has 3 aromatic heterocycles. The number of para-hydroxylation sites is 1. The quantitative estimate of drug-likeness (QED) is 0.223. The zero-order valence-electron chi connectivity index (χ0n) is 15.7. The Hall–Kier alpha value is -3.14. The van der Waals surface area contributed by atoms with Crippen molar-refractivity contribution in [3.63, 3.8) is 0 Å². The highest BCUT2D eigenvalue weighted by molar-refractivity contribution is 9.10. The largest absolute Gasteiger partial charge is 0.463 e. The first-order valence-corrected chi connectivity index (χ1v) is 11.6. The molecule has 0 bridgehead atoms. The monoisotopic (exact) mass is 509 g/mol. The van der Waals surface area contributed by atoms with Crippen LogP contribution in [0.25, 0.3) is 21.2 Å². The molecule has 2 aromatic carbocycles. The Kier molecular flexibility index (Phi) is 5.23. The van der Waals surface area contributed by atoms with Crippen molar-refractivity contribution in [3.8, 4) is 0 Å². The Bertz CT molecular complexity index is 1510. The zero-order chi connectivity index (χ0) is 21.4. The molecule has 0 unspecified atom stereocenters. The van der Waals surface area contributed by atoms with Gasteiger partial charge in [-0.1, -0.05) is 45.5 Å². The van der Waals surface area contributed by atoms with Crippen LogP contribution < -0.4 is 10.4 Å². The predicted molar refractivity (Wildman–Crippen MR) is 129 cm³/mol. The summed E-state index contributed by atoms with van der Waals surface area (Å²) in [5.41, 5.74) is 1.27. The van der Waals surface area contributed by atoms with Gasteiger partial charge in [-0.15, -0.1) is 11.3 Å². The summed E-state index contributed by atoms with van der Waals surface area (Å²) < 4.78 is 7.38. The number of carbonyl (C=O) groups is 1. The van der Waals surface area contributed by atoms with Gasteiger partial charge in [-0.3, -0.25) is 9.59 Å². The average Bonchev–Trinajstić information content (AvgIpc) is 3.45. The lowest BCUT2D eigenvalue weighted by Gasteiger charge is -2.12. The van der Waals surface area contributed by atoms with Gasteiger partial charge in [0.05, 0.1) is 32.3 Å². The van der Waals surface area contributed by atoms with Gasteiger partial charge >= 0.3 is 0 Å². The van der Waals surface area contributed by atoms with E-state index < -0.39 is 0 Å². The summed E-state index contributed by atoms with van der Waals surface area (Å²) in [7, 11) is 0. The molecule has 0 saturated carbocycles. The van der Waals surface area contributed by atoms with Crippen molar-refractivity contribution in [1.82, 2.24) is 4.98 Å². The number of amides is 1. The number of benzene rings is 2. The first kappa shape index (κ1) is 19.8. The van der Waals surface area contributed by atoms with E-state index in [0.717, 1.165) is 14.7 Å². The van der Waals surface area contributed by atoms with Gasteiger partial charge in [0.25, 0.3) is 5.91 Å². The Balaban J connectivity index is 1.59. The van der Waals surface area contributed by atoms with Crippen molar-refractivity contribution in [1.29, 1.82) is 0 Å². The molecule has 31 heavy (non-hydrogen) atoms. The molecule has 0 aliphatic rings. The predicted octanol–water partition coefficient (Wildman–Crippen LogP) is 5.91. The van der Waals surface area contributed by atoms with Crippen LogP contribution in [0.4, 0.5) is 5.13 Å². The SMILES string of the molecule is O=C(c1cccs1)N(/N=C/c1coc2ccccc2c1=O)c1nc2ccc(Br)cc2s1. The molecule has 152 valence electrons. The van der Waals surface area contributed by atoms with Crippen LogP contribution in [0.1, 0.15) is 15.2 Å². The second kappa shape index (κ2) is 8.18. The Morgan fingerprint density at radius 3 is 2.87 bits per heavy atom. The minimum Gasteiger partial charge on any atom is -0.463 e. The number of rotatable bonds is 4. The van der Waals surface area contributed by atoms with Gasteiger partial charge in [-0.05, 0) is 41.8 Å². The summed E-state index contributed by atoms with van der Waals surface area (Å²) in [6, 6.07) is 16.2. The van der Waals surface area contributed by atoms with E-state index in [1.165, 1.54) is 40.2 Å². The average molecular weight is 510 g/mol. The first-order chi connectivity index (χ1) is 15.1. The number of thiazole rings is 1. The van der Waals surface area contributed by atoms with Gasteiger partial charge in [0.2, 0.25) is 10.6 Å². The van der Waals surface area contributed by atoms with Gasteiger partial charge in [-0.2, -0.15) is 10.1 Å². The fourth-order valence-electron chi connectivity index (χ4n) is 2.97. The summed E-state index contributed by atoms with van der Waals surface area (Å²) in [5.74, 6) is -0.324. The number of hydrazone groups is 1. The number of hydrogen-bond acceptors (Lipinski definition) is 7. The van der Waals surface area contributed by atoms with Gasteiger partial charge in [0.15, 0.2) is 0 Å². The van der Waals surface area contributed by atoms with Crippen LogP contribution in [0.15, 0.2) is 85.0 Å². The Morgan fingerprint density at radius 2 is 2.03 bits per heavy atom. The first-order valence-electron chi connectivity index (χ1n) is 9.09. The smallest absolute Gasteiger partial charge is 0.290 e. The molecule has 0 N–H and O–H groups in total. The number of nitrogens with zero attached hydrogens (tertiary/aromatic N) is 3. The van der Waals surface area contributed by atoms with E-state index in [-0.39, 0.29) is 16.9 Å². The molecule has 6 nitrogen and oxygen atoms in total. The number of thiophene rings is 1. The number of aromatic nitrogens is 1. The van der Waals surface area contributed by atoms with Gasteiger partial charge in [0, 0.05) is 4.47 Å². The molecule has 0 radical (unpaired) electrons. The maximum absolute atomic E-state index is 13.1. The fourth-order valence-corrected chi connectivity index (χ4v) is 5.09. The summed E-state index contributed by atoms with van der Waals surface area (Å²) in [4.78, 5) is 31.0. The van der Waals surface area contributed by atoms with Crippen LogP contribution in [0.3, 0.4) is 0 Å². The van der Waals surface area contributed by atoms with Crippen molar-refractivity contribution in [2.45, 2.75) is 0 Å². The molecule has 0 fully saturated rings. The molecular formula is C22H12BrN3O3S2. The minimum absolute atomic E-state index is 0.220. The number of anilines is 1.